The fourth-order valence-corrected chi connectivity index (χ4v) is 2.22. The highest BCUT2D eigenvalue weighted by Gasteiger charge is 2.06. The first kappa shape index (κ1) is 15.7. The number of amidine groups is 1. The molecule has 0 unspecified atom stereocenters. The summed E-state index contributed by atoms with van der Waals surface area (Å²) in [4.78, 5) is 4.62. The summed E-state index contributed by atoms with van der Waals surface area (Å²) >= 11 is 0. The van der Waals surface area contributed by atoms with Crippen molar-refractivity contribution in [3.8, 4) is 5.75 Å². The van der Waals surface area contributed by atoms with Crippen LogP contribution in [0, 0.1) is 5.82 Å². The Morgan fingerprint density at radius 3 is 2.17 bits per heavy atom. The lowest BCUT2D eigenvalue weighted by atomic mass is 10.2. The van der Waals surface area contributed by atoms with Crippen LogP contribution in [-0.4, -0.2) is 12.9 Å². The highest BCUT2D eigenvalue weighted by molar-refractivity contribution is 6.09. The molecule has 3 aromatic carbocycles. The molecule has 120 valence electrons. The predicted octanol–water partition coefficient (Wildman–Crippen LogP) is 5.02. The lowest BCUT2D eigenvalue weighted by Crippen LogP contribution is -2.13. The number of anilines is 1. The van der Waals surface area contributed by atoms with Crippen molar-refractivity contribution in [3.05, 3.63) is 90.2 Å². The van der Waals surface area contributed by atoms with Gasteiger partial charge in [0.25, 0.3) is 0 Å². The van der Waals surface area contributed by atoms with Gasteiger partial charge in [-0.15, -0.1) is 0 Å². The van der Waals surface area contributed by atoms with Gasteiger partial charge in [-0.05, 0) is 60.7 Å². The first-order valence-corrected chi connectivity index (χ1v) is 7.55. The third kappa shape index (κ3) is 3.98. The van der Waals surface area contributed by atoms with Crippen LogP contribution >= 0.6 is 0 Å². The summed E-state index contributed by atoms with van der Waals surface area (Å²) in [6.45, 7) is 0. The van der Waals surface area contributed by atoms with Gasteiger partial charge in [-0.1, -0.05) is 18.2 Å². The molecular formula is C20H17FN2O. The summed E-state index contributed by atoms with van der Waals surface area (Å²) < 4.78 is 18.3. The van der Waals surface area contributed by atoms with Crippen LogP contribution in [0.15, 0.2) is 83.9 Å². The van der Waals surface area contributed by atoms with Gasteiger partial charge in [0.1, 0.15) is 17.4 Å². The van der Waals surface area contributed by atoms with Gasteiger partial charge in [0.15, 0.2) is 0 Å². The quantitative estimate of drug-likeness (QED) is 0.540. The van der Waals surface area contributed by atoms with Crippen LogP contribution in [0.5, 0.6) is 5.75 Å². The molecule has 0 bridgehead atoms. The molecule has 0 heterocycles. The molecule has 0 aliphatic heterocycles. The molecule has 1 N–H and O–H groups in total. The second kappa shape index (κ2) is 7.42. The van der Waals surface area contributed by atoms with E-state index in [4.69, 9.17) is 4.74 Å². The van der Waals surface area contributed by atoms with E-state index < -0.39 is 0 Å². The average molecular weight is 320 g/mol. The number of methoxy groups -OCH3 is 1. The maximum atomic E-state index is 13.1. The number of ether oxygens (including phenoxy) is 1. The zero-order valence-corrected chi connectivity index (χ0v) is 13.2. The molecule has 0 saturated carbocycles. The molecule has 0 spiro atoms. The molecule has 0 radical (unpaired) electrons. The first-order chi connectivity index (χ1) is 11.7. The van der Waals surface area contributed by atoms with Crippen molar-refractivity contribution in [2.45, 2.75) is 0 Å². The van der Waals surface area contributed by atoms with E-state index in [-0.39, 0.29) is 5.82 Å². The number of aliphatic imine (C=N–C) groups is 1. The molecule has 24 heavy (non-hydrogen) atoms. The topological polar surface area (TPSA) is 33.6 Å². The van der Waals surface area contributed by atoms with Crippen LogP contribution in [0.4, 0.5) is 15.8 Å². The van der Waals surface area contributed by atoms with Gasteiger partial charge in [0.05, 0.1) is 12.8 Å². The van der Waals surface area contributed by atoms with Gasteiger partial charge in [0, 0.05) is 11.3 Å². The predicted molar refractivity (Wildman–Crippen MR) is 95.7 cm³/mol. The molecule has 0 saturated heterocycles. The highest BCUT2D eigenvalue weighted by Crippen LogP contribution is 2.18. The van der Waals surface area contributed by atoms with Gasteiger partial charge in [-0.25, -0.2) is 9.38 Å². The van der Waals surface area contributed by atoms with Crippen molar-refractivity contribution in [3.63, 3.8) is 0 Å². The number of nitrogens with one attached hydrogen (secondary N) is 1. The Hall–Kier alpha value is -3.14. The van der Waals surface area contributed by atoms with Crippen LogP contribution in [0.3, 0.4) is 0 Å². The molecular weight excluding hydrogens is 303 g/mol. The fourth-order valence-electron chi connectivity index (χ4n) is 2.22. The molecule has 3 aromatic rings. The molecule has 0 fully saturated rings. The SMILES string of the molecule is COc1ccc(C(=Nc2ccc(F)cc2)Nc2ccccc2)cc1. The second-order valence-electron chi connectivity index (χ2n) is 5.16. The first-order valence-electron chi connectivity index (χ1n) is 7.55. The number of nitrogens with zero attached hydrogens (tertiary/aromatic N) is 1. The Balaban J connectivity index is 1.97. The van der Waals surface area contributed by atoms with Crippen molar-refractivity contribution in [1.29, 1.82) is 0 Å². The molecule has 0 aromatic heterocycles. The minimum atomic E-state index is -0.282. The van der Waals surface area contributed by atoms with E-state index in [1.807, 2.05) is 54.6 Å². The van der Waals surface area contributed by atoms with E-state index >= 15 is 0 Å². The number of hydrogen-bond acceptors (Lipinski definition) is 2. The van der Waals surface area contributed by atoms with Gasteiger partial charge in [-0.2, -0.15) is 0 Å². The molecule has 3 nitrogen and oxygen atoms in total. The summed E-state index contributed by atoms with van der Waals surface area (Å²) in [6, 6.07) is 23.5. The van der Waals surface area contributed by atoms with Crippen molar-refractivity contribution < 1.29 is 9.13 Å². The number of benzene rings is 3. The second-order valence-corrected chi connectivity index (χ2v) is 5.16. The number of hydrogen-bond donors (Lipinski definition) is 1. The van der Waals surface area contributed by atoms with E-state index in [1.54, 1.807) is 19.2 Å². The zero-order valence-electron chi connectivity index (χ0n) is 13.2. The Bertz CT molecular complexity index is 813. The van der Waals surface area contributed by atoms with E-state index in [0.29, 0.717) is 11.5 Å². The Morgan fingerprint density at radius 2 is 1.54 bits per heavy atom. The van der Waals surface area contributed by atoms with Gasteiger partial charge in [-0.3, -0.25) is 0 Å². The summed E-state index contributed by atoms with van der Waals surface area (Å²) in [7, 11) is 1.63. The van der Waals surface area contributed by atoms with E-state index in [0.717, 1.165) is 17.0 Å². The Labute approximate surface area is 140 Å². The van der Waals surface area contributed by atoms with Gasteiger partial charge in [0.2, 0.25) is 0 Å². The minimum absolute atomic E-state index is 0.282. The lowest BCUT2D eigenvalue weighted by molar-refractivity contribution is 0.415. The highest BCUT2D eigenvalue weighted by atomic mass is 19.1. The summed E-state index contributed by atoms with van der Waals surface area (Å²) in [6.07, 6.45) is 0. The third-order valence-electron chi connectivity index (χ3n) is 3.47. The normalized spacial score (nSPS) is 11.2. The number of rotatable bonds is 4. The van der Waals surface area contributed by atoms with E-state index in [2.05, 4.69) is 10.3 Å². The van der Waals surface area contributed by atoms with Gasteiger partial charge >= 0.3 is 0 Å². The molecule has 3 rings (SSSR count). The summed E-state index contributed by atoms with van der Waals surface area (Å²) in [5, 5.41) is 3.31. The third-order valence-corrected chi connectivity index (χ3v) is 3.47. The largest absolute Gasteiger partial charge is 0.497 e. The summed E-state index contributed by atoms with van der Waals surface area (Å²) in [5.41, 5.74) is 2.50. The van der Waals surface area contributed by atoms with Crippen molar-refractivity contribution >= 4 is 17.2 Å². The minimum Gasteiger partial charge on any atom is -0.497 e. The lowest BCUT2D eigenvalue weighted by Gasteiger charge is -2.11. The number of para-hydroxylation sites is 1. The Kier molecular flexibility index (Phi) is 4.87. The smallest absolute Gasteiger partial charge is 0.138 e. The summed E-state index contributed by atoms with van der Waals surface area (Å²) in [5.74, 6) is 1.17. The monoisotopic (exact) mass is 320 g/mol. The van der Waals surface area contributed by atoms with Crippen LogP contribution in [0.25, 0.3) is 0 Å². The van der Waals surface area contributed by atoms with Crippen molar-refractivity contribution in [2.75, 3.05) is 12.4 Å². The molecule has 0 amide bonds. The van der Waals surface area contributed by atoms with Gasteiger partial charge < -0.3 is 10.1 Å². The van der Waals surface area contributed by atoms with E-state index in [1.165, 1.54) is 12.1 Å². The fraction of sp³-hybridized carbons (Fsp3) is 0.0500. The maximum Gasteiger partial charge on any atom is 0.138 e. The number of halogens is 1. The molecule has 4 heteroatoms. The van der Waals surface area contributed by atoms with Crippen LogP contribution in [-0.2, 0) is 0 Å². The van der Waals surface area contributed by atoms with Crippen molar-refractivity contribution in [2.24, 2.45) is 4.99 Å². The zero-order chi connectivity index (χ0) is 16.8. The molecule has 0 atom stereocenters. The van der Waals surface area contributed by atoms with Crippen molar-refractivity contribution in [1.82, 2.24) is 0 Å². The molecule has 0 aliphatic carbocycles. The standard InChI is InChI=1S/C20H17FN2O/c1-24-19-13-7-15(8-14-19)20(22-17-5-3-2-4-6-17)23-18-11-9-16(21)10-12-18/h2-14H,1H3,(H,22,23). The van der Waals surface area contributed by atoms with E-state index in [9.17, 15) is 4.39 Å². The average Bonchev–Trinajstić information content (AvgIpc) is 2.64. The molecule has 0 aliphatic rings. The van der Waals surface area contributed by atoms with Crippen LogP contribution in [0.2, 0.25) is 0 Å². The van der Waals surface area contributed by atoms with Crippen LogP contribution < -0.4 is 10.1 Å². The maximum absolute atomic E-state index is 13.1. The Morgan fingerprint density at radius 1 is 0.875 bits per heavy atom. The van der Waals surface area contributed by atoms with Crippen LogP contribution in [0.1, 0.15) is 5.56 Å².